The lowest BCUT2D eigenvalue weighted by atomic mass is 9.80. The van der Waals surface area contributed by atoms with E-state index in [4.69, 9.17) is 19.7 Å². The van der Waals surface area contributed by atoms with Gasteiger partial charge in [0.25, 0.3) is 0 Å². The van der Waals surface area contributed by atoms with Gasteiger partial charge in [-0.25, -0.2) is 9.67 Å². The molecule has 7 nitrogen and oxygen atoms in total. The number of hydrogen-bond donors (Lipinski definition) is 1. The quantitative estimate of drug-likeness (QED) is 0.752. The highest BCUT2D eigenvalue weighted by molar-refractivity contribution is 6.10. The molecule has 4 heterocycles. The third-order valence-corrected chi connectivity index (χ3v) is 7.78. The van der Waals surface area contributed by atoms with E-state index in [1.165, 1.54) is 44.9 Å². The van der Waals surface area contributed by atoms with E-state index in [1.54, 1.807) is 0 Å². The molecule has 2 aliphatic carbocycles. The molecule has 2 aromatic rings. The number of hydrogen-bond acceptors (Lipinski definition) is 6. The summed E-state index contributed by atoms with van der Waals surface area (Å²) in [6.07, 6.45) is 17.9. The van der Waals surface area contributed by atoms with Gasteiger partial charge in [-0.1, -0.05) is 24.4 Å². The summed E-state index contributed by atoms with van der Waals surface area (Å²) in [5, 5.41) is 14.4. The number of anilines is 1. The number of nitrogens with zero attached hydrogens (tertiary/aromatic N) is 4. The summed E-state index contributed by atoms with van der Waals surface area (Å²) in [4.78, 5) is 11.0. The van der Waals surface area contributed by atoms with Crippen LogP contribution < -0.4 is 5.32 Å². The predicted octanol–water partition coefficient (Wildman–Crippen LogP) is 4.96. The van der Waals surface area contributed by atoms with Gasteiger partial charge in [-0.15, -0.1) is 0 Å². The van der Waals surface area contributed by atoms with Crippen LogP contribution in [0.1, 0.15) is 88.7 Å². The average molecular weight is 424 g/mol. The molecule has 0 aromatic carbocycles. The van der Waals surface area contributed by atoms with Crippen LogP contribution in [0.2, 0.25) is 0 Å². The highest BCUT2D eigenvalue weighted by Gasteiger charge is 2.41. The van der Waals surface area contributed by atoms with Crippen LogP contribution >= 0.6 is 0 Å². The largest absolute Gasteiger partial charge is 0.389 e. The second-order valence-electron chi connectivity index (χ2n) is 9.89. The molecule has 6 rings (SSSR count). The van der Waals surface area contributed by atoms with Crippen LogP contribution in [0.4, 0.5) is 5.69 Å². The van der Waals surface area contributed by atoms with Crippen molar-refractivity contribution in [2.24, 2.45) is 5.16 Å². The fourth-order valence-electron chi connectivity index (χ4n) is 5.96. The zero-order chi connectivity index (χ0) is 20.7. The van der Waals surface area contributed by atoms with Crippen LogP contribution in [-0.4, -0.2) is 45.3 Å². The maximum absolute atomic E-state index is 6.08. The molecule has 1 N–H and O–H groups in total. The highest BCUT2D eigenvalue weighted by atomic mass is 16.7. The van der Waals surface area contributed by atoms with E-state index in [-0.39, 0.29) is 5.60 Å². The summed E-state index contributed by atoms with van der Waals surface area (Å²) in [6, 6.07) is 0.879. The second kappa shape index (κ2) is 8.08. The van der Waals surface area contributed by atoms with E-state index in [1.807, 2.05) is 12.4 Å². The number of aromatic nitrogens is 3. The smallest absolute Gasteiger partial charge is 0.160 e. The molecule has 1 spiro atoms. The third kappa shape index (κ3) is 3.60. The Labute approximate surface area is 183 Å². The summed E-state index contributed by atoms with van der Waals surface area (Å²) in [5.74, 6) is 0. The molecule has 1 saturated heterocycles. The Morgan fingerprint density at radius 2 is 1.77 bits per heavy atom. The van der Waals surface area contributed by atoms with Crippen LogP contribution in [0.3, 0.4) is 0 Å². The first-order chi connectivity index (χ1) is 15.3. The lowest BCUT2D eigenvalue weighted by Gasteiger charge is -2.30. The van der Waals surface area contributed by atoms with Gasteiger partial charge in [-0.2, -0.15) is 5.10 Å². The number of nitrogens with one attached hydrogen (secondary N) is 1. The second-order valence-corrected chi connectivity index (χ2v) is 9.89. The topological polar surface area (TPSA) is 73.6 Å². The first-order valence-electron chi connectivity index (χ1n) is 12.3. The Bertz CT molecular complexity index is 966. The first-order valence-corrected chi connectivity index (χ1v) is 12.3. The SMILES string of the molecule is c1nc2c(cnn2C2CCCC2)c(NC2CCOCC2)c1C1=NOC2(CCCCC2)C1. The highest BCUT2D eigenvalue weighted by Crippen LogP contribution is 2.41. The van der Waals surface area contributed by atoms with Crippen molar-refractivity contribution in [1.82, 2.24) is 14.8 Å². The number of oxime groups is 1. The van der Waals surface area contributed by atoms with Crippen LogP contribution in [-0.2, 0) is 9.57 Å². The van der Waals surface area contributed by atoms with Gasteiger partial charge in [0.15, 0.2) is 5.65 Å². The van der Waals surface area contributed by atoms with Gasteiger partial charge in [-0.05, 0) is 51.4 Å². The standard InChI is InChI=1S/C24H33N5O2/c1-4-10-24(11-5-1)14-21(28-31-24)19-15-25-23-20(16-26-29(23)18-6-2-3-7-18)22(19)27-17-8-12-30-13-9-17/h15-18H,1-14H2,(H,25,27). The van der Waals surface area contributed by atoms with Crippen molar-refractivity contribution in [3.8, 4) is 0 Å². The molecular formula is C24H33N5O2. The Kier molecular flexibility index (Phi) is 5.09. The minimum Gasteiger partial charge on any atom is -0.389 e. The minimum atomic E-state index is -0.0908. The molecule has 7 heteroatoms. The van der Waals surface area contributed by atoms with E-state index >= 15 is 0 Å². The monoisotopic (exact) mass is 423 g/mol. The average Bonchev–Trinajstić information content (AvgIpc) is 3.55. The van der Waals surface area contributed by atoms with Crippen molar-refractivity contribution in [3.63, 3.8) is 0 Å². The Balaban J connectivity index is 1.37. The van der Waals surface area contributed by atoms with Crippen molar-refractivity contribution < 1.29 is 9.57 Å². The summed E-state index contributed by atoms with van der Waals surface area (Å²) in [7, 11) is 0. The lowest BCUT2D eigenvalue weighted by Crippen LogP contribution is -2.32. The van der Waals surface area contributed by atoms with E-state index in [9.17, 15) is 0 Å². The summed E-state index contributed by atoms with van der Waals surface area (Å²) < 4.78 is 7.75. The van der Waals surface area contributed by atoms with E-state index in [2.05, 4.69) is 15.2 Å². The Hall–Kier alpha value is -2.15. The van der Waals surface area contributed by atoms with Crippen molar-refractivity contribution in [1.29, 1.82) is 0 Å². The molecule has 0 unspecified atom stereocenters. The van der Waals surface area contributed by atoms with E-state index < -0.39 is 0 Å². The van der Waals surface area contributed by atoms with Crippen LogP contribution in [0.5, 0.6) is 0 Å². The Morgan fingerprint density at radius 3 is 2.58 bits per heavy atom. The van der Waals surface area contributed by atoms with Gasteiger partial charge in [0.2, 0.25) is 0 Å². The lowest BCUT2D eigenvalue weighted by molar-refractivity contribution is -0.0449. The fraction of sp³-hybridized carbons (Fsp3) is 0.708. The molecule has 31 heavy (non-hydrogen) atoms. The van der Waals surface area contributed by atoms with Crippen LogP contribution in [0.25, 0.3) is 11.0 Å². The maximum Gasteiger partial charge on any atom is 0.160 e. The van der Waals surface area contributed by atoms with Gasteiger partial charge in [0.05, 0.1) is 29.0 Å². The number of fused-ring (bicyclic) bond motifs is 1. The molecule has 2 aromatic heterocycles. The number of rotatable bonds is 4. The van der Waals surface area contributed by atoms with Gasteiger partial charge < -0.3 is 14.9 Å². The third-order valence-electron chi connectivity index (χ3n) is 7.78. The fourth-order valence-corrected chi connectivity index (χ4v) is 5.96. The van der Waals surface area contributed by atoms with Crippen molar-refractivity contribution in [2.45, 2.75) is 94.7 Å². The summed E-state index contributed by atoms with van der Waals surface area (Å²) in [5.41, 5.74) is 4.17. The van der Waals surface area contributed by atoms with Crippen LogP contribution in [0.15, 0.2) is 17.5 Å². The maximum atomic E-state index is 6.08. The van der Waals surface area contributed by atoms with Crippen LogP contribution in [0, 0.1) is 0 Å². The molecule has 0 bridgehead atoms. The van der Waals surface area contributed by atoms with Gasteiger partial charge in [-0.3, -0.25) is 0 Å². The zero-order valence-electron chi connectivity index (χ0n) is 18.3. The molecule has 4 aliphatic rings. The Morgan fingerprint density at radius 1 is 0.968 bits per heavy atom. The molecular weight excluding hydrogens is 390 g/mol. The zero-order valence-corrected chi connectivity index (χ0v) is 18.3. The number of pyridine rings is 1. The van der Waals surface area contributed by atoms with E-state index in [0.717, 1.165) is 73.3 Å². The molecule has 0 radical (unpaired) electrons. The first kappa shape index (κ1) is 19.5. The van der Waals surface area contributed by atoms with Gasteiger partial charge in [0, 0.05) is 37.4 Å². The molecule has 0 atom stereocenters. The van der Waals surface area contributed by atoms with Crippen molar-refractivity contribution in [3.05, 3.63) is 18.0 Å². The molecule has 166 valence electrons. The van der Waals surface area contributed by atoms with Gasteiger partial charge in [0.1, 0.15) is 5.60 Å². The summed E-state index contributed by atoms with van der Waals surface area (Å²) in [6.45, 7) is 1.63. The normalized spacial score (nSPS) is 24.6. The molecule has 2 aliphatic heterocycles. The van der Waals surface area contributed by atoms with Crippen molar-refractivity contribution in [2.75, 3.05) is 18.5 Å². The number of ether oxygens (including phenoxy) is 1. The van der Waals surface area contributed by atoms with E-state index in [0.29, 0.717) is 12.1 Å². The minimum absolute atomic E-state index is 0.0908. The molecule has 3 fully saturated rings. The van der Waals surface area contributed by atoms with Crippen molar-refractivity contribution >= 4 is 22.4 Å². The predicted molar refractivity (Wildman–Crippen MR) is 121 cm³/mol. The summed E-state index contributed by atoms with van der Waals surface area (Å²) >= 11 is 0. The van der Waals surface area contributed by atoms with Gasteiger partial charge >= 0.3 is 0 Å². The molecule has 0 amide bonds. The molecule has 2 saturated carbocycles.